The number of amides is 1. The zero-order chi connectivity index (χ0) is 18.3. The molecule has 1 atom stereocenters. The van der Waals surface area contributed by atoms with Crippen LogP contribution in [0, 0.1) is 18.2 Å². The van der Waals surface area contributed by atoms with Gasteiger partial charge in [-0.15, -0.1) is 0 Å². The lowest BCUT2D eigenvalue weighted by Gasteiger charge is -2.41. The fourth-order valence-electron chi connectivity index (χ4n) is 4.98. The molecule has 1 N–H and O–H groups in total. The minimum absolute atomic E-state index is 0.198. The molecule has 0 radical (unpaired) electrons. The van der Waals surface area contributed by atoms with Crippen LogP contribution in [-0.2, 0) is 4.79 Å². The summed E-state index contributed by atoms with van der Waals surface area (Å²) in [6.45, 7) is 4.04. The van der Waals surface area contributed by atoms with Gasteiger partial charge < -0.3 is 14.9 Å². The molecule has 1 saturated carbocycles. The van der Waals surface area contributed by atoms with Gasteiger partial charge in [-0.3, -0.25) is 4.79 Å². The van der Waals surface area contributed by atoms with E-state index in [1.807, 2.05) is 0 Å². The van der Waals surface area contributed by atoms with Crippen molar-refractivity contribution >= 4 is 11.7 Å². The molecule has 1 amide bonds. The first-order chi connectivity index (χ1) is 12.5. The van der Waals surface area contributed by atoms with E-state index in [0.717, 1.165) is 63.9 Å². The number of aryl methyl sites for hydroxylation is 1. The molecule has 3 fully saturated rings. The summed E-state index contributed by atoms with van der Waals surface area (Å²) in [6, 6.07) is 3.47. The molecule has 0 unspecified atom stereocenters. The number of carbonyl (C=O) groups excluding carboxylic acids is 1. The number of piperidine rings is 1. The predicted octanol–water partition coefficient (Wildman–Crippen LogP) is 2.65. The van der Waals surface area contributed by atoms with Gasteiger partial charge in [-0.2, -0.15) is 0 Å². The standard InChI is InChI=1S/C20H28FN3O2/c1-14-17(21)7-8-18(22-14)23-11-2-9-20(13-23)10-12-24(19(20)26)15-3-5-16(25)6-4-15/h7-8,15-16,25H,2-6,9-13H2,1H3/t15-,16-,20-/m1/s1. The van der Waals surface area contributed by atoms with Crippen LogP contribution >= 0.6 is 0 Å². The van der Waals surface area contributed by atoms with E-state index in [2.05, 4.69) is 14.8 Å². The average molecular weight is 361 g/mol. The summed E-state index contributed by atoms with van der Waals surface area (Å²) >= 11 is 0. The van der Waals surface area contributed by atoms with Gasteiger partial charge in [-0.25, -0.2) is 9.37 Å². The maximum Gasteiger partial charge on any atom is 0.230 e. The topological polar surface area (TPSA) is 56.7 Å². The Balaban J connectivity index is 1.49. The van der Waals surface area contributed by atoms with E-state index >= 15 is 0 Å². The second-order valence-electron chi connectivity index (χ2n) is 8.25. The van der Waals surface area contributed by atoms with Crippen LogP contribution in [0.15, 0.2) is 12.1 Å². The normalized spacial score (nSPS) is 32.5. The smallest absolute Gasteiger partial charge is 0.230 e. The second-order valence-corrected chi connectivity index (χ2v) is 8.25. The lowest BCUT2D eigenvalue weighted by atomic mass is 9.78. The molecule has 5 nitrogen and oxygen atoms in total. The van der Waals surface area contributed by atoms with Gasteiger partial charge in [0.05, 0.1) is 17.2 Å². The largest absolute Gasteiger partial charge is 0.393 e. The van der Waals surface area contributed by atoms with Gasteiger partial charge in [-0.1, -0.05) is 0 Å². The number of hydrogen-bond donors (Lipinski definition) is 1. The zero-order valence-electron chi connectivity index (χ0n) is 15.5. The van der Waals surface area contributed by atoms with Crippen molar-refractivity contribution in [2.75, 3.05) is 24.5 Å². The lowest BCUT2D eigenvalue weighted by Crippen LogP contribution is -2.50. The molecule has 3 aliphatic rings. The van der Waals surface area contributed by atoms with E-state index in [1.54, 1.807) is 13.0 Å². The van der Waals surface area contributed by atoms with Crippen molar-refractivity contribution in [1.82, 2.24) is 9.88 Å². The summed E-state index contributed by atoms with van der Waals surface area (Å²) in [5.74, 6) is 0.764. The highest BCUT2D eigenvalue weighted by Crippen LogP contribution is 2.43. The molecule has 142 valence electrons. The van der Waals surface area contributed by atoms with E-state index in [4.69, 9.17) is 0 Å². The molecule has 3 heterocycles. The van der Waals surface area contributed by atoms with Gasteiger partial charge in [0.2, 0.25) is 5.91 Å². The summed E-state index contributed by atoms with van der Waals surface area (Å²) < 4.78 is 13.5. The highest BCUT2D eigenvalue weighted by Gasteiger charge is 2.50. The third-order valence-electron chi connectivity index (χ3n) is 6.56. The predicted molar refractivity (Wildman–Crippen MR) is 97.4 cm³/mol. The number of likely N-dealkylation sites (tertiary alicyclic amines) is 1. The number of hydrogen-bond acceptors (Lipinski definition) is 4. The van der Waals surface area contributed by atoms with Crippen LogP contribution in [0.25, 0.3) is 0 Å². The number of aliphatic hydroxyl groups is 1. The molecule has 0 aromatic carbocycles. The molecular formula is C20H28FN3O2. The maximum absolute atomic E-state index is 13.5. The summed E-state index contributed by atoms with van der Waals surface area (Å²) in [5.41, 5.74) is 0.0837. The van der Waals surface area contributed by atoms with Crippen molar-refractivity contribution in [1.29, 1.82) is 0 Å². The van der Waals surface area contributed by atoms with Gasteiger partial charge in [0.25, 0.3) is 0 Å². The average Bonchev–Trinajstić information content (AvgIpc) is 2.94. The van der Waals surface area contributed by atoms with Crippen LogP contribution in [0.1, 0.15) is 50.6 Å². The Bertz CT molecular complexity index is 690. The lowest BCUT2D eigenvalue weighted by molar-refractivity contribution is -0.139. The number of halogens is 1. The molecule has 1 aromatic rings. The molecule has 2 aliphatic heterocycles. The van der Waals surface area contributed by atoms with Crippen LogP contribution in [0.2, 0.25) is 0 Å². The van der Waals surface area contributed by atoms with Crippen molar-refractivity contribution in [3.63, 3.8) is 0 Å². The van der Waals surface area contributed by atoms with Gasteiger partial charge in [0.1, 0.15) is 11.6 Å². The third-order valence-corrected chi connectivity index (χ3v) is 6.56. The van der Waals surface area contributed by atoms with Crippen molar-refractivity contribution in [3.8, 4) is 0 Å². The Kier molecular flexibility index (Phi) is 4.63. The number of aliphatic hydroxyl groups excluding tert-OH is 1. The van der Waals surface area contributed by atoms with E-state index in [-0.39, 0.29) is 29.3 Å². The number of aromatic nitrogens is 1. The first kappa shape index (κ1) is 17.7. The number of pyridine rings is 1. The summed E-state index contributed by atoms with van der Waals surface area (Å²) in [7, 11) is 0. The SMILES string of the molecule is Cc1nc(N2CCC[C@@]3(CCN([C@H]4CC[C@H](O)CC4)C3=O)C2)ccc1F. The van der Waals surface area contributed by atoms with Crippen LogP contribution in [-0.4, -0.2) is 52.7 Å². The first-order valence-corrected chi connectivity index (χ1v) is 9.86. The minimum Gasteiger partial charge on any atom is -0.393 e. The number of carbonyl (C=O) groups is 1. The van der Waals surface area contributed by atoms with E-state index in [9.17, 15) is 14.3 Å². The summed E-state index contributed by atoms with van der Waals surface area (Å²) in [4.78, 5) is 21.9. The van der Waals surface area contributed by atoms with Crippen molar-refractivity contribution in [3.05, 3.63) is 23.6 Å². The molecule has 26 heavy (non-hydrogen) atoms. The molecular weight excluding hydrogens is 333 g/mol. The Labute approximate surface area is 154 Å². The Morgan fingerprint density at radius 1 is 1.19 bits per heavy atom. The second kappa shape index (κ2) is 6.80. The number of anilines is 1. The highest BCUT2D eigenvalue weighted by molar-refractivity contribution is 5.86. The molecule has 1 spiro atoms. The van der Waals surface area contributed by atoms with Gasteiger partial charge in [0, 0.05) is 25.7 Å². The van der Waals surface area contributed by atoms with Crippen LogP contribution in [0.5, 0.6) is 0 Å². The third kappa shape index (κ3) is 3.08. The van der Waals surface area contributed by atoms with Crippen LogP contribution in [0.3, 0.4) is 0 Å². The minimum atomic E-state index is -0.321. The number of rotatable bonds is 2. The monoisotopic (exact) mass is 361 g/mol. The Morgan fingerprint density at radius 3 is 2.69 bits per heavy atom. The van der Waals surface area contributed by atoms with E-state index in [1.165, 1.54) is 6.07 Å². The summed E-state index contributed by atoms with van der Waals surface area (Å²) in [6.07, 6.45) is 5.99. The Hall–Kier alpha value is -1.69. The molecule has 6 heteroatoms. The fourth-order valence-corrected chi connectivity index (χ4v) is 4.98. The summed E-state index contributed by atoms with van der Waals surface area (Å²) in [5, 5.41) is 9.74. The number of nitrogens with zero attached hydrogens (tertiary/aromatic N) is 3. The highest BCUT2D eigenvalue weighted by atomic mass is 19.1. The van der Waals surface area contributed by atoms with Crippen LogP contribution < -0.4 is 4.90 Å². The zero-order valence-corrected chi connectivity index (χ0v) is 15.5. The first-order valence-electron chi connectivity index (χ1n) is 9.86. The van der Waals surface area contributed by atoms with E-state index in [0.29, 0.717) is 12.2 Å². The molecule has 1 aromatic heterocycles. The fraction of sp³-hybridized carbons (Fsp3) is 0.700. The molecule has 4 rings (SSSR count). The van der Waals surface area contributed by atoms with Crippen molar-refractivity contribution in [2.45, 2.75) is 64.0 Å². The quantitative estimate of drug-likeness (QED) is 0.880. The maximum atomic E-state index is 13.5. The van der Waals surface area contributed by atoms with Gasteiger partial charge in [0.15, 0.2) is 0 Å². The molecule has 1 aliphatic carbocycles. The van der Waals surface area contributed by atoms with Crippen LogP contribution in [0.4, 0.5) is 10.2 Å². The molecule has 0 bridgehead atoms. The van der Waals surface area contributed by atoms with Gasteiger partial charge in [-0.05, 0) is 64.0 Å². The van der Waals surface area contributed by atoms with Gasteiger partial charge >= 0.3 is 0 Å². The molecule has 2 saturated heterocycles. The van der Waals surface area contributed by atoms with Crippen molar-refractivity contribution in [2.24, 2.45) is 5.41 Å². The van der Waals surface area contributed by atoms with Crippen molar-refractivity contribution < 1.29 is 14.3 Å². The Morgan fingerprint density at radius 2 is 1.96 bits per heavy atom. The van der Waals surface area contributed by atoms with E-state index < -0.39 is 0 Å².